The molecule has 5 heteroatoms. The Morgan fingerprint density at radius 1 is 0.927 bits per heavy atom. The predicted molar refractivity (Wildman–Crippen MR) is 161 cm³/mol. The van der Waals surface area contributed by atoms with E-state index in [-0.39, 0.29) is 45.3 Å². The van der Waals surface area contributed by atoms with Gasteiger partial charge in [-0.05, 0) is 128 Å². The average Bonchev–Trinajstić information content (AvgIpc) is 2.92. The van der Waals surface area contributed by atoms with Crippen LogP contribution in [0.4, 0.5) is 0 Å². The fraction of sp³-hybridized carbons (Fsp3) is 0.750. The molecule has 10 atom stereocenters. The molecule has 0 saturated heterocycles. The van der Waals surface area contributed by atoms with Crippen molar-refractivity contribution >= 4 is 5.97 Å². The first-order valence-corrected chi connectivity index (χ1v) is 16.3. The minimum atomic E-state index is -0.859. The summed E-state index contributed by atoms with van der Waals surface area (Å²) >= 11 is 0. The number of aliphatic carboxylic acids is 1. The van der Waals surface area contributed by atoms with E-state index in [4.69, 9.17) is 4.74 Å². The van der Waals surface area contributed by atoms with Crippen LogP contribution in [0.25, 0.3) is 0 Å². The summed E-state index contributed by atoms with van der Waals surface area (Å²) < 4.78 is 6.46. The van der Waals surface area contributed by atoms with Crippen LogP contribution in [0.2, 0.25) is 0 Å². The first-order valence-electron chi connectivity index (χ1n) is 16.3. The van der Waals surface area contributed by atoms with Crippen molar-refractivity contribution in [3.63, 3.8) is 0 Å². The number of phenolic OH excluding ortho intramolecular Hbond substituents is 1. The molecule has 1 aromatic rings. The molecule has 0 aromatic heterocycles. The van der Waals surface area contributed by atoms with E-state index in [1.807, 2.05) is 12.1 Å². The lowest BCUT2D eigenvalue weighted by molar-refractivity contribution is -0.216. The maximum Gasteiger partial charge on any atom is 0.314 e. The van der Waals surface area contributed by atoms with Crippen molar-refractivity contribution in [2.24, 2.45) is 56.7 Å². The molecule has 3 N–H and O–H groups in total. The maximum atomic E-state index is 13.9. The van der Waals surface area contributed by atoms with Crippen LogP contribution in [0.5, 0.6) is 11.5 Å². The Balaban J connectivity index is 1.43. The number of carboxylic acid groups (broad SMARTS) is 1. The topological polar surface area (TPSA) is 87.0 Å². The van der Waals surface area contributed by atoms with Crippen molar-refractivity contribution in [1.29, 1.82) is 0 Å². The SMILES string of the molecule is CC1CCC2(COc3ccc(O)cc3)CCC3(C(=O)O)C(=CCC4C5(C)CCC(O)C(C)(C)C5CCC43C)C2C1C. The van der Waals surface area contributed by atoms with Gasteiger partial charge in [0.05, 0.1) is 18.1 Å². The summed E-state index contributed by atoms with van der Waals surface area (Å²) in [7, 11) is 0. The molecule has 4 saturated carbocycles. The molecule has 41 heavy (non-hydrogen) atoms. The fourth-order valence-corrected chi connectivity index (χ4v) is 11.8. The van der Waals surface area contributed by atoms with E-state index in [2.05, 4.69) is 47.6 Å². The van der Waals surface area contributed by atoms with E-state index in [9.17, 15) is 20.1 Å². The quantitative estimate of drug-likeness (QED) is 0.324. The molecule has 5 nitrogen and oxygen atoms in total. The minimum Gasteiger partial charge on any atom is -0.508 e. The standard InChI is InChI=1S/C36H52O5/c1-22-13-18-35(21-41-25-9-7-24(37)8-10-25)19-20-36(31(39)40)26(30(35)23(22)2)11-12-28-33(5)16-15-29(38)32(3,4)27(33)14-17-34(28,36)6/h7-11,22-23,27-30,37-38H,12-21H2,1-6H3,(H,39,40). The van der Waals surface area contributed by atoms with Gasteiger partial charge in [-0.3, -0.25) is 4.79 Å². The van der Waals surface area contributed by atoms with Gasteiger partial charge in [0.1, 0.15) is 11.5 Å². The molecule has 6 rings (SSSR count). The molecule has 5 aliphatic rings. The number of benzene rings is 1. The van der Waals surface area contributed by atoms with Gasteiger partial charge < -0.3 is 20.1 Å². The second-order valence-corrected chi connectivity index (χ2v) is 16.0. The number of allylic oxidation sites excluding steroid dienone is 1. The van der Waals surface area contributed by atoms with E-state index >= 15 is 0 Å². The van der Waals surface area contributed by atoms with Gasteiger partial charge in [0.2, 0.25) is 0 Å². The summed E-state index contributed by atoms with van der Waals surface area (Å²) in [5.74, 6) is 2.15. The maximum absolute atomic E-state index is 13.9. The Labute approximate surface area is 246 Å². The van der Waals surface area contributed by atoms with Crippen molar-refractivity contribution in [3.8, 4) is 11.5 Å². The van der Waals surface area contributed by atoms with Crippen LogP contribution in [0.15, 0.2) is 35.9 Å². The molecule has 0 amide bonds. The molecular weight excluding hydrogens is 512 g/mol. The summed E-state index contributed by atoms with van der Waals surface area (Å²) in [5, 5.41) is 32.1. The Morgan fingerprint density at radius 2 is 1.63 bits per heavy atom. The average molecular weight is 565 g/mol. The van der Waals surface area contributed by atoms with Gasteiger partial charge >= 0.3 is 5.97 Å². The van der Waals surface area contributed by atoms with Crippen molar-refractivity contribution in [3.05, 3.63) is 35.9 Å². The van der Waals surface area contributed by atoms with Crippen LogP contribution in [-0.4, -0.2) is 34.0 Å². The number of aliphatic hydroxyl groups excluding tert-OH is 1. The minimum absolute atomic E-state index is 0.0161. The van der Waals surface area contributed by atoms with Crippen LogP contribution in [0.3, 0.4) is 0 Å². The lowest BCUT2D eigenvalue weighted by atomic mass is 9.33. The van der Waals surface area contributed by atoms with Gasteiger partial charge in [-0.1, -0.05) is 53.2 Å². The largest absolute Gasteiger partial charge is 0.508 e. The number of rotatable bonds is 4. The highest BCUT2D eigenvalue weighted by atomic mass is 16.5. The van der Waals surface area contributed by atoms with Crippen molar-refractivity contribution in [1.82, 2.24) is 0 Å². The number of aliphatic hydroxyl groups is 1. The van der Waals surface area contributed by atoms with Gasteiger partial charge in [0.25, 0.3) is 0 Å². The first-order chi connectivity index (χ1) is 19.2. The molecule has 0 spiro atoms. The number of carboxylic acids is 1. The van der Waals surface area contributed by atoms with Crippen LogP contribution >= 0.6 is 0 Å². The van der Waals surface area contributed by atoms with E-state index in [0.29, 0.717) is 30.8 Å². The zero-order valence-corrected chi connectivity index (χ0v) is 26.1. The zero-order chi connectivity index (χ0) is 29.6. The third-order valence-electron chi connectivity index (χ3n) is 14.3. The van der Waals surface area contributed by atoms with Gasteiger partial charge in [-0.2, -0.15) is 0 Å². The zero-order valence-electron chi connectivity index (χ0n) is 26.1. The van der Waals surface area contributed by atoms with Crippen LogP contribution in [0, 0.1) is 56.7 Å². The highest BCUT2D eigenvalue weighted by molar-refractivity contribution is 5.81. The second-order valence-electron chi connectivity index (χ2n) is 16.0. The number of ether oxygens (including phenoxy) is 1. The highest BCUT2D eigenvalue weighted by Gasteiger charge is 2.72. The Morgan fingerprint density at radius 3 is 2.32 bits per heavy atom. The monoisotopic (exact) mass is 564 g/mol. The molecule has 4 fully saturated rings. The summed E-state index contributed by atoms with van der Waals surface area (Å²) in [6, 6.07) is 6.99. The van der Waals surface area contributed by atoms with Crippen LogP contribution in [-0.2, 0) is 4.79 Å². The lowest BCUT2D eigenvalue weighted by Crippen LogP contribution is -2.67. The summed E-state index contributed by atoms with van der Waals surface area (Å²) in [4.78, 5) is 13.9. The van der Waals surface area contributed by atoms with Gasteiger partial charge in [0, 0.05) is 5.41 Å². The molecule has 0 radical (unpaired) electrons. The predicted octanol–water partition coefficient (Wildman–Crippen LogP) is 7.85. The summed E-state index contributed by atoms with van der Waals surface area (Å²) in [6.07, 6.45) is 10.5. The molecule has 0 bridgehead atoms. The number of fused-ring (bicyclic) bond motifs is 7. The number of phenols is 1. The molecule has 1 aromatic carbocycles. The molecule has 0 aliphatic heterocycles. The van der Waals surface area contributed by atoms with Crippen molar-refractivity contribution < 1.29 is 24.9 Å². The molecule has 226 valence electrons. The normalized spacial score (nSPS) is 46.7. The van der Waals surface area contributed by atoms with Crippen LogP contribution < -0.4 is 4.74 Å². The third kappa shape index (κ3) is 3.85. The molecular formula is C36H52O5. The molecule has 5 aliphatic carbocycles. The summed E-state index contributed by atoms with van der Waals surface area (Å²) in [5.41, 5.74) is -0.202. The van der Waals surface area contributed by atoms with Crippen molar-refractivity contribution in [2.45, 2.75) is 105 Å². The lowest BCUT2D eigenvalue weighted by Gasteiger charge is -2.70. The van der Waals surface area contributed by atoms with Gasteiger partial charge in [-0.25, -0.2) is 0 Å². The second kappa shape index (κ2) is 9.49. The third-order valence-corrected chi connectivity index (χ3v) is 14.3. The van der Waals surface area contributed by atoms with E-state index in [0.717, 1.165) is 57.1 Å². The number of carbonyl (C=O) groups is 1. The van der Waals surface area contributed by atoms with Crippen molar-refractivity contribution in [2.75, 3.05) is 6.61 Å². The molecule has 10 unspecified atom stereocenters. The first kappa shape index (κ1) is 29.1. The number of aromatic hydroxyl groups is 1. The van der Waals surface area contributed by atoms with E-state index in [1.54, 1.807) is 12.1 Å². The smallest absolute Gasteiger partial charge is 0.314 e. The highest BCUT2D eigenvalue weighted by Crippen LogP contribution is 2.76. The Hall–Kier alpha value is -2.01. The van der Waals surface area contributed by atoms with E-state index in [1.165, 1.54) is 5.57 Å². The van der Waals surface area contributed by atoms with E-state index < -0.39 is 11.4 Å². The number of hydrogen-bond donors (Lipinski definition) is 3. The van der Waals surface area contributed by atoms with Gasteiger partial charge in [-0.15, -0.1) is 0 Å². The van der Waals surface area contributed by atoms with Gasteiger partial charge in [0.15, 0.2) is 0 Å². The fourth-order valence-electron chi connectivity index (χ4n) is 11.8. The Bertz CT molecular complexity index is 1220. The number of hydrogen-bond acceptors (Lipinski definition) is 4. The van der Waals surface area contributed by atoms with Crippen LogP contribution in [0.1, 0.15) is 99.3 Å². The summed E-state index contributed by atoms with van der Waals surface area (Å²) in [6.45, 7) is 14.6. The Kier molecular flexibility index (Phi) is 6.73. The molecule has 0 heterocycles.